The summed E-state index contributed by atoms with van der Waals surface area (Å²) in [5.74, 6) is -0.0369. The van der Waals surface area contributed by atoms with E-state index in [2.05, 4.69) is 15.5 Å². The SMILES string of the molecule is CCCc1[nH]nc(C(=O)NCC(C)CCO)c1N. The molecule has 0 bridgehead atoms. The van der Waals surface area contributed by atoms with Crippen molar-refractivity contribution in [3.05, 3.63) is 11.4 Å². The van der Waals surface area contributed by atoms with Crippen molar-refractivity contribution in [3.63, 3.8) is 0 Å². The van der Waals surface area contributed by atoms with Gasteiger partial charge >= 0.3 is 0 Å². The van der Waals surface area contributed by atoms with E-state index in [0.29, 0.717) is 18.7 Å². The largest absolute Gasteiger partial charge is 0.396 e. The van der Waals surface area contributed by atoms with E-state index in [9.17, 15) is 4.79 Å². The summed E-state index contributed by atoms with van der Waals surface area (Å²) >= 11 is 0. The molecule has 6 heteroatoms. The smallest absolute Gasteiger partial charge is 0.273 e. The van der Waals surface area contributed by atoms with Gasteiger partial charge in [-0.15, -0.1) is 0 Å². The number of rotatable bonds is 7. The molecule has 0 aromatic carbocycles. The van der Waals surface area contributed by atoms with Crippen LogP contribution in [0.4, 0.5) is 5.69 Å². The molecule has 0 radical (unpaired) electrons. The van der Waals surface area contributed by atoms with Crippen molar-refractivity contribution in [1.29, 1.82) is 0 Å². The van der Waals surface area contributed by atoms with Crippen molar-refractivity contribution in [3.8, 4) is 0 Å². The fraction of sp³-hybridized carbons (Fsp3) is 0.667. The lowest BCUT2D eigenvalue weighted by Crippen LogP contribution is -2.29. The molecule has 0 saturated heterocycles. The van der Waals surface area contributed by atoms with Crippen LogP contribution < -0.4 is 11.1 Å². The first kappa shape index (κ1) is 14.5. The molecule has 5 N–H and O–H groups in total. The Morgan fingerprint density at radius 2 is 2.33 bits per heavy atom. The Morgan fingerprint density at radius 3 is 2.94 bits per heavy atom. The number of amides is 1. The number of aromatic amines is 1. The lowest BCUT2D eigenvalue weighted by Gasteiger charge is -2.10. The molecule has 1 atom stereocenters. The third-order valence-corrected chi connectivity index (χ3v) is 2.83. The molecule has 0 aliphatic heterocycles. The highest BCUT2D eigenvalue weighted by Crippen LogP contribution is 2.15. The fourth-order valence-electron chi connectivity index (χ4n) is 1.67. The minimum atomic E-state index is -0.268. The predicted octanol–water partition coefficient (Wildman–Crippen LogP) is 0.693. The summed E-state index contributed by atoms with van der Waals surface area (Å²) in [4.78, 5) is 11.9. The quantitative estimate of drug-likeness (QED) is 0.574. The normalized spacial score (nSPS) is 12.4. The van der Waals surface area contributed by atoms with Gasteiger partial charge in [-0.25, -0.2) is 0 Å². The van der Waals surface area contributed by atoms with Crippen LogP contribution in [0, 0.1) is 5.92 Å². The Balaban J connectivity index is 2.56. The van der Waals surface area contributed by atoms with Gasteiger partial charge in [-0.3, -0.25) is 9.89 Å². The van der Waals surface area contributed by atoms with Crippen LogP contribution in [0.1, 0.15) is 42.9 Å². The van der Waals surface area contributed by atoms with Crippen molar-refractivity contribution in [2.45, 2.75) is 33.1 Å². The molecule has 1 rings (SSSR count). The molecule has 0 spiro atoms. The number of carbonyl (C=O) groups is 1. The zero-order valence-electron chi connectivity index (χ0n) is 11.0. The molecular weight excluding hydrogens is 232 g/mol. The maximum absolute atomic E-state index is 11.9. The highest BCUT2D eigenvalue weighted by molar-refractivity contribution is 5.97. The van der Waals surface area contributed by atoms with Crippen molar-refractivity contribution in [2.75, 3.05) is 18.9 Å². The summed E-state index contributed by atoms with van der Waals surface area (Å²) in [7, 11) is 0. The van der Waals surface area contributed by atoms with Gasteiger partial charge in [-0.1, -0.05) is 20.3 Å². The van der Waals surface area contributed by atoms with Gasteiger partial charge in [0.05, 0.1) is 11.4 Å². The Hall–Kier alpha value is -1.56. The first-order valence-electron chi connectivity index (χ1n) is 6.31. The van der Waals surface area contributed by atoms with E-state index >= 15 is 0 Å². The van der Waals surface area contributed by atoms with E-state index in [0.717, 1.165) is 18.5 Å². The molecule has 1 aromatic rings. The third-order valence-electron chi connectivity index (χ3n) is 2.83. The van der Waals surface area contributed by atoms with Crippen LogP contribution in [0.5, 0.6) is 0 Å². The van der Waals surface area contributed by atoms with Crippen LogP contribution in [0.2, 0.25) is 0 Å². The number of aromatic nitrogens is 2. The maximum atomic E-state index is 11.9. The Bertz CT molecular complexity index is 389. The molecule has 18 heavy (non-hydrogen) atoms. The third kappa shape index (κ3) is 3.73. The topological polar surface area (TPSA) is 104 Å². The second-order valence-corrected chi connectivity index (χ2v) is 4.54. The van der Waals surface area contributed by atoms with Crippen LogP contribution in [0.25, 0.3) is 0 Å². The van der Waals surface area contributed by atoms with E-state index in [1.807, 2.05) is 13.8 Å². The zero-order chi connectivity index (χ0) is 13.5. The number of aliphatic hydroxyl groups excluding tert-OH is 1. The Labute approximate surface area is 107 Å². The molecule has 1 heterocycles. The van der Waals surface area contributed by atoms with Gasteiger partial charge in [-0.2, -0.15) is 5.10 Å². The van der Waals surface area contributed by atoms with Crippen LogP contribution in [-0.4, -0.2) is 34.4 Å². The average Bonchev–Trinajstić information content (AvgIpc) is 2.69. The van der Waals surface area contributed by atoms with Crippen molar-refractivity contribution < 1.29 is 9.90 Å². The molecule has 0 fully saturated rings. The first-order chi connectivity index (χ1) is 8.60. The molecule has 0 saturated carbocycles. The molecule has 0 aliphatic rings. The van der Waals surface area contributed by atoms with E-state index in [1.54, 1.807) is 0 Å². The summed E-state index contributed by atoms with van der Waals surface area (Å²) < 4.78 is 0. The monoisotopic (exact) mass is 254 g/mol. The Morgan fingerprint density at radius 1 is 1.61 bits per heavy atom. The molecular formula is C12H22N4O2. The van der Waals surface area contributed by atoms with Crippen molar-refractivity contribution in [2.24, 2.45) is 5.92 Å². The van der Waals surface area contributed by atoms with Gasteiger partial charge < -0.3 is 16.2 Å². The molecule has 0 aliphatic carbocycles. The minimum absolute atomic E-state index is 0.127. The highest BCUT2D eigenvalue weighted by atomic mass is 16.3. The lowest BCUT2D eigenvalue weighted by molar-refractivity contribution is 0.0941. The standard InChI is InChI=1S/C12H22N4O2/c1-3-4-9-10(13)11(16-15-9)12(18)14-7-8(2)5-6-17/h8,17H,3-7,13H2,1-2H3,(H,14,18)(H,15,16). The van der Waals surface area contributed by atoms with Crippen molar-refractivity contribution >= 4 is 11.6 Å². The number of hydrogen-bond acceptors (Lipinski definition) is 4. The number of aryl methyl sites for hydroxylation is 1. The Kier molecular flexibility index (Phi) is 5.64. The second kappa shape index (κ2) is 7.00. The number of anilines is 1. The van der Waals surface area contributed by atoms with E-state index in [1.165, 1.54) is 0 Å². The van der Waals surface area contributed by atoms with E-state index in [-0.39, 0.29) is 24.1 Å². The summed E-state index contributed by atoms with van der Waals surface area (Å²) in [6.07, 6.45) is 2.39. The number of nitrogens with one attached hydrogen (secondary N) is 2. The highest BCUT2D eigenvalue weighted by Gasteiger charge is 2.16. The van der Waals surface area contributed by atoms with Gasteiger partial charge in [0.1, 0.15) is 0 Å². The summed E-state index contributed by atoms with van der Waals surface area (Å²) in [6, 6.07) is 0. The van der Waals surface area contributed by atoms with Gasteiger partial charge in [0, 0.05) is 13.2 Å². The molecule has 1 amide bonds. The summed E-state index contributed by atoms with van der Waals surface area (Å²) in [5, 5.41) is 18.3. The maximum Gasteiger partial charge on any atom is 0.273 e. The van der Waals surface area contributed by atoms with Crippen LogP contribution in [0.15, 0.2) is 0 Å². The summed E-state index contributed by atoms with van der Waals surface area (Å²) in [6.45, 7) is 4.64. The van der Waals surface area contributed by atoms with E-state index < -0.39 is 0 Å². The van der Waals surface area contributed by atoms with Gasteiger partial charge in [0.15, 0.2) is 5.69 Å². The second-order valence-electron chi connectivity index (χ2n) is 4.54. The minimum Gasteiger partial charge on any atom is -0.396 e. The number of nitrogens with zero attached hydrogens (tertiary/aromatic N) is 1. The van der Waals surface area contributed by atoms with Gasteiger partial charge in [-0.05, 0) is 18.8 Å². The number of aliphatic hydroxyl groups is 1. The molecule has 6 nitrogen and oxygen atoms in total. The molecule has 102 valence electrons. The van der Waals surface area contributed by atoms with Gasteiger partial charge in [0.25, 0.3) is 5.91 Å². The number of H-pyrrole nitrogens is 1. The fourth-order valence-corrected chi connectivity index (χ4v) is 1.67. The van der Waals surface area contributed by atoms with Gasteiger partial charge in [0.2, 0.25) is 0 Å². The van der Waals surface area contributed by atoms with Crippen LogP contribution in [-0.2, 0) is 6.42 Å². The van der Waals surface area contributed by atoms with Crippen LogP contribution in [0.3, 0.4) is 0 Å². The predicted molar refractivity (Wildman–Crippen MR) is 70.2 cm³/mol. The average molecular weight is 254 g/mol. The zero-order valence-corrected chi connectivity index (χ0v) is 11.0. The number of hydrogen-bond donors (Lipinski definition) is 4. The number of carbonyl (C=O) groups excluding carboxylic acids is 1. The summed E-state index contributed by atoms with van der Waals surface area (Å²) in [5.41, 5.74) is 7.37. The van der Waals surface area contributed by atoms with E-state index in [4.69, 9.17) is 10.8 Å². The number of nitrogens with two attached hydrogens (primary N) is 1. The number of nitrogen functional groups attached to an aromatic ring is 1. The van der Waals surface area contributed by atoms with Crippen LogP contribution >= 0.6 is 0 Å². The molecule has 1 aromatic heterocycles. The van der Waals surface area contributed by atoms with Crippen molar-refractivity contribution in [1.82, 2.24) is 15.5 Å². The molecule has 1 unspecified atom stereocenters. The first-order valence-corrected chi connectivity index (χ1v) is 6.31. The lowest BCUT2D eigenvalue weighted by atomic mass is 10.1.